The molecule has 23 heavy (non-hydrogen) atoms. The third kappa shape index (κ3) is 2.95. The fourth-order valence-corrected chi connectivity index (χ4v) is 2.83. The van der Waals surface area contributed by atoms with E-state index in [1.807, 2.05) is 30.3 Å². The molecule has 1 atom stereocenters. The average Bonchev–Trinajstić information content (AvgIpc) is 2.96. The van der Waals surface area contributed by atoms with Crippen molar-refractivity contribution >= 4 is 23.2 Å². The molecule has 0 aromatic heterocycles. The lowest BCUT2D eigenvalue weighted by molar-refractivity contribution is -0.124. The highest BCUT2D eigenvalue weighted by Gasteiger charge is 2.37. The van der Waals surface area contributed by atoms with Gasteiger partial charge in [-0.1, -0.05) is 30.3 Å². The molecule has 1 saturated heterocycles. The van der Waals surface area contributed by atoms with E-state index in [-0.39, 0.29) is 30.5 Å². The highest BCUT2D eigenvalue weighted by molar-refractivity contribution is 6.04. The number of hydrogen-bond donors (Lipinski definition) is 0. The second-order valence-corrected chi connectivity index (χ2v) is 5.59. The lowest BCUT2D eigenvalue weighted by Crippen LogP contribution is -2.34. The van der Waals surface area contributed by atoms with Gasteiger partial charge in [-0.3, -0.25) is 9.59 Å². The van der Waals surface area contributed by atoms with Crippen molar-refractivity contribution in [3.63, 3.8) is 0 Å². The number of rotatable bonds is 3. The van der Waals surface area contributed by atoms with Crippen LogP contribution in [0.1, 0.15) is 6.42 Å². The molecule has 118 valence electrons. The Kier molecular flexibility index (Phi) is 4.10. The number of para-hydroxylation sites is 2. The summed E-state index contributed by atoms with van der Waals surface area (Å²) in [6.07, 6.45) is 0.102. The van der Waals surface area contributed by atoms with Gasteiger partial charge < -0.3 is 9.80 Å². The molecule has 1 heterocycles. The van der Waals surface area contributed by atoms with E-state index >= 15 is 0 Å². The monoisotopic (exact) mass is 312 g/mol. The van der Waals surface area contributed by atoms with E-state index < -0.39 is 11.7 Å². The van der Waals surface area contributed by atoms with E-state index in [0.29, 0.717) is 0 Å². The predicted octanol–water partition coefficient (Wildman–Crippen LogP) is 2.84. The Morgan fingerprint density at radius 1 is 1.13 bits per heavy atom. The smallest absolute Gasteiger partial charge is 0.232 e. The van der Waals surface area contributed by atoms with Crippen molar-refractivity contribution in [1.82, 2.24) is 0 Å². The molecule has 0 radical (unpaired) electrons. The summed E-state index contributed by atoms with van der Waals surface area (Å²) in [4.78, 5) is 27.7. The first-order chi connectivity index (χ1) is 11.1. The number of carbonyl (C=O) groups is 2. The highest BCUT2D eigenvalue weighted by atomic mass is 19.1. The number of nitrogens with zero attached hydrogens (tertiary/aromatic N) is 2. The van der Waals surface area contributed by atoms with E-state index in [0.717, 1.165) is 5.69 Å². The third-order valence-electron chi connectivity index (χ3n) is 4.09. The fourth-order valence-electron chi connectivity index (χ4n) is 2.83. The van der Waals surface area contributed by atoms with E-state index in [2.05, 4.69) is 0 Å². The van der Waals surface area contributed by atoms with Gasteiger partial charge in [-0.15, -0.1) is 0 Å². The molecule has 0 bridgehead atoms. The summed E-state index contributed by atoms with van der Waals surface area (Å²) in [7, 11) is 1.69. The molecule has 2 amide bonds. The van der Waals surface area contributed by atoms with Crippen LogP contribution in [0.3, 0.4) is 0 Å². The summed E-state index contributed by atoms with van der Waals surface area (Å²) in [5, 5.41) is 0. The number of halogens is 1. The SMILES string of the molecule is CN(C(=O)C1CC(=O)N(c2ccccc2F)C1)c1ccccc1. The first-order valence-electron chi connectivity index (χ1n) is 7.45. The van der Waals surface area contributed by atoms with Gasteiger partial charge in [0.25, 0.3) is 0 Å². The van der Waals surface area contributed by atoms with E-state index in [4.69, 9.17) is 0 Å². The van der Waals surface area contributed by atoms with Crippen molar-refractivity contribution in [1.29, 1.82) is 0 Å². The number of carbonyl (C=O) groups excluding carboxylic acids is 2. The van der Waals surface area contributed by atoms with Crippen LogP contribution in [0.2, 0.25) is 0 Å². The van der Waals surface area contributed by atoms with Crippen molar-refractivity contribution in [2.24, 2.45) is 5.92 Å². The van der Waals surface area contributed by atoms with Gasteiger partial charge in [-0.05, 0) is 24.3 Å². The maximum Gasteiger partial charge on any atom is 0.232 e. The molecule has 0 aliphatic carbocycles. The minimum Gasteiger partial charge on any atom is -0.315 e. The molecule has 4 nitrogen and oxygen atoms in total. The van der Waals surface area contributed by atoms with E-state index in [1.165, 1.54) is 11.0 Å². The summed E-state index contributed by atoms with van der Waals surface area (Å²) < 4.78 is 13.9. The van der Waals surface area contributed by atoms with Crippen molar-refractivity contribution in [2.45, 2.75) is 6.42 Å². The quantitative estimate of drug-likeness (QED) is 0.874. The zero-order valence-corrected chi connectivity index (χ0v) is 12.8. The Morgan fingerprint density at radius 3 is 2.48 bits per heavy atom. The maximum absolute atomic E-state index is 13.9. The first kappa shape index (κ1) is 15.2. The molecular weight excluding hydrogens is 295 g/mol. The Hall–Kier alpha value is -2.69. The van der Waals surface area contributed by atoms with Crippen LogP contribution >= 0.6 is 0 Å². The standard InChI is InChI=1S/C18H17FN2O2/c1-20(14-7-3-2-4-8-14)18(23)13-11-17(22)21(12-13)16-10-6-5-9-15(16)19/h2-10,13H,11-12H2,1H3. The second-order valence-electron chi connectivity index (χ2n) is 5.59. The van der Waals surface area contributed by atoms with Gasteiger partial charge in [-0.25, -0.2) is 4.39 Å². The second kappa shape index (κ2) is 6.20. The molecule has 0 spiro atoms. The number of hydrogen-bond acceptors (Lipinski definition) is 2. The van der Waals surface area contributed by atoms with E-state index in [1.54, 1.807) is 30.1 Å². The molecule has 1 fully saturated rings. The maximum atomic E-state index is 13.9. The van der Waals surface area contributed by atoms with Gasteiger partial charge in [-0.2, -0.15) is 0 Å². The van der Waals surface area contributed by atoms with Crippen molar-refractivity contribution in [2.75, 3.05) is 23.4 Å². The van der Waals surface area contributed by atoms with E-state index in [9.17, 15) is 14.0 Å². The lowest BCUT2D eigenvalue weighted by atomic mass is 10.1. The molecular formula is C18H17FN2O2. The molecule has 5 heteroatoms. The Balaban J connectivity index is 1.77. The van der Waals surface area contributed by atoms with Gasteiger partial charge in [0.15, 0.2) is 0 Å². The molecule has 1 aliphatic heterocycles. The number of anilines is 2. The van der Waals surface area contributed by atoms with Gasteiger partial charge >= 0.3 is 0 Å². The predicted molar refractivity (Wildman–Crippen MR) is 86.7 cm³/mol. The Labute approximate surface area is 134 Å². The number of benzene rings is 2. The highest BCUT2D eigenvalue weighted by Crippen LogP contribution is 2.29. The van der Waals surface area contributed by atoms with Crippen LogP contribution in [0.15, 0.2) is 54.6 Å². The summed E-state index contributed by atoms with van der Waals surface area (Å²) in [6, 6.07) is 15.4. The van der Waals surface area contributed by atoms with Crippen molar-refractivity contribution in [3.05, 3.63) is 60.4 Å². The minimum absolute atomic E-state index is 0.102. The zero-order valence-electron chi connectivity index (χ0n) is 12.8. The van der Waals surface area contributed by atoms with Crippen LogP contribution in [0, 0.1) is 11.7 Å². The molecule has 1 unspecified atom stereocenters. The van der Waals surface area contributed by atoms with Gasteiger partial charge in [0.1, 0.15) is 5.82 Å². The van der Waals surface area contributed by atoms with Crippen LogP contribution in [0.5, 0.6) is 0 Å². The van der Waals surface area contributed by atoms with Gasteiger partial charge in [0.2, 0.25) is 11.8 Å². The van der Waals surface area contributed by atoms with Gasteiger partial charge in [0, 0.05) is 25.7 Å². The largest absolute Gasteiger partial charge is 0.315 e. The molecule has 3 rings (SSSR count). The summed E-state index contributed by atoms with van der Waals surface area (Å²) in [5.41, 5.74) is 1.00. The zero-order chi connectivity index (χ0) is 16.4. The topological polar surface area (TPSA) is 40.6 Å². The summed E-state index contributed by atoms with van der Waals surface area (Å²) in [6.45, 7) is 0.204. The molecule has 0 N–H and O–H groups in total. The fraction of sp³-hybridized carbons (Fsp3) is 0.222. The Bertz CT molecular complexity index is 733. The molecule has 2 aromatic rings. The average molecular weight is 312 g/mol. The minimum atomic E-state index is -0.465. The van der Waals surface area contributed by atoms with Gasteiger partial charge in [0.05, 0.1) is 11.6 Å². The molecule has 2 aromatic carbocycles. The Morgan fingerprint density at radius 2 is 1.78 bits per heavy atom. The lowest BCUT2D eigenvalue weighted by Gasteiger charge is -2.21. The summed E-state index contributed by atoms with van der Waals surface area (Å²) in [5.74, 6) is -1.28. The third-order valence-corrected chi connectivity index (χ3v) is 4.09. The normalized spacial score (nSPS) is 17.4. The van der Waals surface area contributed by atoms with Crippen molar-refractivity contribution in [3.8, 4) is 0 Å². The van der Waals surface area contributed by atoms with Crippen molar-refractivity contribution < 1.29 is 14.0 Å². The van der Waals surface area contributed by atoms with Crippen LogP contribution in [-0.2, 0) is 9.59 Å². The summed E-state index contributed by atoms with van der Waals surface area (Å²) >= 11 is 0. The van der Waals surface area contributed by atoms with Crippen LogP contribution in [0.25, 0.3) is 0 Å². The van der Waals surface area contributed by atoms with Crippen LogP contribution in [-0.4, -0.2) is 25.4 Å². The van der Waals surface area contributed by atoms with Crippen LogP contribution < -0.4 is 9.80 Å². The number of amides is 2. The molecule has 1 aliphatic rings. The van der Waals surface area contributed by atoms with Crippen LogP contribution in [0.4, 0.5) is 15.8 Å². The first-order valence-corrected chi connectivity index (χ1v) is 7.45. The molecule has 0 saturated carbocycles.